The summed E-state index contributed by atoms with van der Waals surface area (Å²) in [6.07, 6.45) is 1.60. The molecule has 4 rings (SSSR count). The number of rotatable bonds is 18. The highest BCUT2D eigenvalue weighted by Gasteiger charge is 2.42. The maximum Gasteiger partial charge on any atom is 0.306 e. The average molecular weight is 675 g/mol. The molecule has 262 valence electrons. The summed E-state index contributed by atoms with van der Waals surface area (Å²) in [4.78, 5) is 50.1. The first kappa shape index (κ1) is 36.9. The number of amides is 2. The predicted octanol–water partition coefficient (Wildman–Crippen LogP) is 5.09. The second-order valence-corrected chi connectivity index (χ2v) is 12.1. The number of esters is 1. The number of methoxy groups -OCH3 is 2. The van der Waals surface area contributed by atoms with E-state index in [2.05, 4.69) is 5.32 Å². The van der Waals surface area contributed by atoms with Crippen molar-refractivity contribution in [2.24, 2.45) is 0 Å². The molecule has 11 heteroatoms. The van der Waals surface area contributed by atoms with Crippen molar-refractivity contribution >= 4 is 23.8 Å². The monoisotopic (exact) mass is 674 g/mol. The minimum Gasteiger partial charge on any atom is -0.497 e. The van der Waals surface area contributed by atoms with Gasteiger partial charge in [-0.15, -0.1) is 0 Å². The van der Waals surface area contributed by atoms with Gasteiger partial charge < -0.3 is 34.3 Å². The van der Waals surface area contributed by atoms with Crippen molar-refractivity contribution in [3.8, 4) is 11.5 Å². The van der Waals surface area contributed by atoms with Crippen LogP contribution in [0.1, 0.15) is 68.6 Å². The normalized spacial score (nSPS) is 15.8. The molecule has 1 aliphatic rings. The summed E-state index contributed by atoms with van der Waals surface area (Å²) in [6.45, 7) is 2.32. The number of likely N-dealkylation sites (tertiary alicyclic amines) is 1. The lowest BCUT2D eigenvalue weighted by molar-refractivity contribution is -0.152. The molecule has 1 aliphatic heterocycles. The summed E-state index contributed by atoms with van der Waals surface area (Å²) >= 11 is 0. The number of benzene rings is 3. The van der Waals surface area contributed by atoms with E-state index in [-0.39, 0.29) is 44.2 Å². The number of unbranched alkanes of at least 4 members (excludes halogenated alkanes) is 2. The highest BCUT2D eigenvalue weighted by molar-refractivity contribution is 5.78. The van der Waals surface area contributed by atoms with Crippen LogP contribution >= 0.6 is 0 Å². The van der Waals surface area contributed by atoms with Gasteiger partial charge in [0.25, 0.3) is 0 Å². The molecule has 1 unspecified atom stereocenters. The number of aliphatic carboxylic acids is 1. The predicted molar refractivity (Wildman–Crippen MR) is 182 cm³/mol. The van der Waals surface area contributed by atoms with Crippen molar-refractivity contribution in [3.63, 3.8) is 0 Å². The molecule has 0 radical (unpaired) electrons. The SMILES string of the molecule is COc1ccc(C(OCC2C[C@@H](OC(=O)CCC(=O)O)CN2C(=O)CCCCCNC(C)=O)(c2ccccc2)c2ccc(OC)cc2)cc1. The van der Waals surface area contributed by atoms with E-state index in [4.69, 9.17) is 24.1 Å². The molecule has 0 aromatic heterocycles. The summed E-state index contributed by atoms with van der Waals surface area (Å²) < 4.78 is 23.6. The fraction of sp³-hybridized carbons (Fsp3) is 0.421. The number of nitrogens with one attached hydrogen (secondary N) is 1. The number of hydrogen-bond donors (Lipinski definition) is 2. The summed E-state index contributed by atoms with van der Waals surface area (Å²) in [5.41, 5.74) is 1.46. The van der Waals surface area contributed by atoms with Crippen LogP contribution in [0.2, 0.25) is 0 Å². The van der Waals surface area contributed by atoms with E-state index in [1.54, 1.807) is 19.1 Å². The van der Waals surface area contributed by atoms with Gasteiger partial charge in [-0.3, -0.25) is 19.2 Å². The minimum absolute atomic E-state index is 0.0866. The van der Waals surface area contributed by atoms with Crippen molar-refractivity contribution < 1.29 is 43.2 Å². The van der Waals surface area contributed by atoms with Gasteiger partial charge in [0.05, 0.1) is 46.3 Å². The zero-order valence-electron chi connectivity index (χ0n) is 28.4. The lowest BCUT2D eigenvalue weighted by atomic mass is 9.80. The number of carbonyl (C=O) groups is 4. The number of carboxylic acid groups (broad SMARTS) is 1. The molecule has 2 N–H and O–H groups in total. The lowest BCUT2D eigenvalue weighted by Gasteiger charge is -2.38. The standard InChI is InChI=1S/C38H46N2O9/c1-27(41)39-23-9-5-8-12-35(42)40-25-34(49-37(45)22-21-36(43)44)24-31(40)26-48-38(28-10-6-4-7-11-28,29-13-17-32(46-2)18-14-29)30-15-19-33(47-3)20-16-30/h4,6-7,10-11,13-20,31,34H,5,8-9,12,21-26H2,1-3H3,(H,39,41)(H,43,44)/t31?,34-/m1/s1. The Morgan fingerprint density at radius 1 is 0.796 bits per heavy atom. The number of nitrogens with zero attached hydrogens (tertiary/aromatic N) is 1. The van der Waals surface area contributed by atoms with E-state index in [9.17, 15) is 19.2 Å². The summed E-state index contributed by atoms with van der Waals surface area (Å²) in [5.74, 6) is -0.490. The molecule has 49 heavy (non-hydrogen) atoms. The number of ether oxygens (including phenoxy) is 4. The van der Waals surface area contributed by atoms with Crippen LogP contribution in [0, 0.1) is 0 Å². The molecule has 0 aliphatic carbocycles. The molecule has 2 amide bonds. The maximum absolute atomic E-state index is 13.7. The zero-order valence-corrected chi connectivity index (χ0v) is 28.4. The second-order valence-electron chi connectivity index (χ2n) is 12.1. The Bertz CT molecular complexity index is 1480. The molecule has 2 atom stereocenters. The van der Waals surface area contributed by atoms with Gasteiger partial charge >= 0.3 is 11.9 Å². The van der Waals surface area contributed by atoms with E-state index >= 15 is 0 Å². The average Bonchev–Trinajstić information content (AvgIpc) is 3.52. The Morgan fingerprint density at radius 3 is 1.94 bits per heavy atom. The number of carbonyl (C=O) groups excluding carboxylic acids is 3. The highest BCUT2D eigenvalue weighted by Crippen LogP contribution is 2.42. The second kappa shape index (κ2) is 18.0. The van der Waals surface area contributed by atoms with Crippen LogP contribution in [-0.2, 0) is 34.3 Å². The van der Waals surface area contributed by atoms with Crippen molar-refractivity contribution in [2.45, 2.75) is 69.6 Å². The Balaban J connectivity index is 1.64. The van der Waals surface area contributed by atoms with Crippen LogP contribution in [0.15, 0.2) is 78.9 Å². The van der Waals surface area contributed by atoms with E-state index in [1.807, 2.05) is 78.9 Å². The lowest BCUT2D eigenvalue weighted by Crippen LogP contribution is -2.42. The van der Waals surface area contributed by atoms with Gasteiger partial charge in [-0.05, 0) is 53.8 Å². The largest absolute Gasteiger partial charge is 0.497 e. The molecule has 0 saturated carbocycles. The number of carboxylic acids is 1. The van der Waals surface area contributed by atoms with Gasteiger partial charge in [0.1, 0.15) is 23.2 Å². The topological polar surface area (TPSA) is 141 Å². The maximum atomic E-state index is 13.7. The van der Waals surface area contributed by atoms with Crippen molar-refractivity contribution in [2.75, 3.05) is 33.9 Å². The molecule has 3 aromatic carbocycles. The van der Waals surface area contributed by atoms with Crippen LogP contribution in [-0.4, -0.2) is 79.8 Å². The quantitative estimate of drug-likeness (QED) is 0.107. The zero-order chi connectivity index (χ0) is 35.2. The van der Waals surface area contributed by atoms with E-state index in [0.29, 0.717) is 30.9 Å². The number of hydrogen-bond acceptors (Lipinski definition) is 8. The van der Waals surface area contributed by atoms with Gasteiger partial charge in [0, 0.05) is 26.3 Å². The van der Waals surface area contributed by atoms with Crippen LogP contribution in [0.4, 0.5) is 0 Å². The van der Waals surface area contributed by atoms with Crippen molar-refractivity contribution in [1.82, 2.24) is 10.2 Å². The molecule has 0 spiro atoms. The summed E-state index contributed by atoms with van der Waals surface area (Å²) in [5, 5.41) is 11.8. The third-order valence-electron chi connectivity index (χ3n) is 8.64. The molecule has 1 saturated heterocycles. The van der Waals surface area contributed by atoms with Crippen molar-refractivity contribution in [1.29, 1.82) is 0 Å². The molecule has 0 bridgehead atoms. The van der Waals surface area contributed by atoms with Gasteiger partial charge in [-0.1, -0.05) is 61.0 Å². The Labute approximate surface area is 287 Å². The fourth-order valence-corrected chi connectivity index (χ4v) is 6.16. The van der Waals surface area contributed by atoms with Crippen LogP contribution in [0.3, 0.4) is 0 Å². The van der Waals surface area contributed by atoms with Crippen LogP contribution in [0.5, 0.6) is 11.5 Å². The third kappa shape index (κ3) is 10.1. The van der Waals surface area contributed by atoms with Crippen LogP contribution in [0.25, 0.3) is 0 Å². The first-order valence-corrected chi connectivity index (χ1v) is 16.6. The summed E-state index contributed by atoms with van der Waals surface area (Å²) in [7, 11) is 3.22. The third-order valence-corrected chi connectivity index (χ3v) is 8.64. The van der Waals surface area contributed by atoms with Gasteiger partial charge in [-0.2, -0.15) is 0 Å². The Kier molecular flexibility index (Phi) is 13.6. The fourth-order valence-electron chi connectivity index (χ4n) is 6.16. The van der Waals surface area contributed by atoms with E-state index in [1.165, 1.54) is 6.92 Å². The van der Waals surface area contributed by atoms with Gasteiger partial charge in [0.15, 0.2) is 0 Å². The molecule has 11 nitrogen and oxygen atoms in total. The molecular formula is C38H46N2O9. The summed E-state index contributed by atoms with van der Waals surface area (Å²) in [6, 6.07) is 24.8. The van der Waals surface area contributed by atoms with E-state index in [0.717, 1.165) is 29.5 Å². The first-order valence-electron chi connectivity index (χ1n) is 16.6. The first-order chi connectivity index (χ1) is 23.7. The van der Waals surface area contributed by atoms with Crippen LogP contribution < -0.4 is 14.8 Å². The molecular weight excluding hydrogens is 628 g/mol. The molecule has 3 aromatic rings. The molecule has 1 fully saturated rings. The van der Waals surface area contributed by atoms with Gasteiger partial charge in [0.2, 0.25) is 11.8 Å². The van der Waals surface area contributed by atoms with Crippen molar-refractivity contribution in [3.05, 3.63) is 95.6 Å². The highest BCUT2D eigenvalue weighted by atomic mass is 16.5. The molecule has 1 heterocycles. The van der Waals surface area contributed by atoms with E-state index < -0.39 is 29.7 Å². The van der Waals surface area contributed by atoms with Gasteiger partial charge in [-0.25, -0.2) is 0 Å². The smallest absolute Gasteiger partial charge is 0.306 e. The minimum atomic E-state index is -1.10. The Morgan fingerprint density at radius 2 is 1.39 bits per heavy atom. The Hall–Kier alpha value is -4.90.